The number of carboxylic acids is 1. The van der Waals surface area contributed by atoms with Crippen LogP contribution in [-0.4, -0.2) is 28.3 Å². The summed E-state index contributed by atoms with van der Waals surface area (Å²) in [6.07, 6.45) is 0.266. The lowest BCUT2D eigenvalue weighted by atomic mass is 10.1. The Balaban J connectivity index is 2.68. The fourth-order valence-corrected chi connectivity index (χ4v) is 1.42. The molecule has 2 atom stereocenters. The Bertz CT molecular complexity index is 392. The van der Waals surface area contributed by atoms with Gasteiger partial charge in [-0.2, -0.15) is 12.6 Å². The zero-order valence-electron chi connectivity index (χ0n) is 9.46. The third-order valence-electron chi connectivity index (χ3n) is 2.28. The highest BCUT2D eigenvalue weighted by atomic mass is 32.1. The summed E-state index contributed by atoms with van der Waals surface area (Å²) >= 11 is 3.96. The van der Waals surface area contributed by atoms with Gasteiger partial charge in [-0.1, -0.05) is 30.3 Å². The first-order valence-corrected chi connectivity index (χ1v) is 5.77. The average Bonchev–Trinajstić information content (AvgIpc) is 2.29. The number of hydrogen-bond donors (Lipinski definition) is 3. The van der Waals surface area contributed by atoms with Crippen molar-refractivity contribution < 1.29 is 14.7 Å². The van der Waals surface area contributed by atoms with E-state index in [1.54, 1.807) is 6.92 Å². The van der Waals surface area contributed by atoms with E-state index in [0.29, 0.717) is 0 Å². The van der Waals surface area contributed by atoms with Gasteiger partial charge in [0.25, 0.3) is 0 Å². The molecule has 0 spiro atoms. The number of nitrogens with one attached hydrogen (secondary N) is 1. The fourth-order valence-electron chi connectivity index (χ4n) is 1.34. The molecule has 4 nitrogen and oxygen atoms in total. The number of aliphatic carboxylic acids is 1. The highest BCUT2D eigenvalue weighted by Gasteiger charge is 2.21. The maximum absolute atomic E-state index is 11.4. The van der Waals surface area contributed by atoms with Gasteiger partial charge in [0.15, 0.2) is 0 Å². The number of benzene rings is 1. The average molecular weight is 253 g/mol. The summed E-state index contributed by atoms with van der Waals surface area (Å²) in [5.41, 5.74) is 0.868. The van der Waals surface area contributed by atoms with Crippen LogP contribution in [-0.2, 0) is 16.0 Å². The molecule has 0 aliphatic carbocycles. The summed E-state index contributed by atoms with van der Waals surface area (Å²) in [5.74, 6) is -1.42. The predicted octanol–water partition coefficient (Wildman–Crippen LogP) is 1.12. The Labute approximate surface area is 105 Å². The minimum Gasteiger partial charge on any atom is -0.480 e. The second-order valence-corrected chi connectivity index (χ2v) is 4.54. The molecule has 1 amide bonds. The Morgan fingerprint density at radius 2 is 1.94 bits per heavy atom. The van der Waals surface area contributed by atoms with E-state index in [0.717, 1.165) is 5.56 Å². The van der Waals surface area contributed by atoms with Gasteiger partial charge in [-0.25, -0.2) is 4.79 Å². The molecule has 0 saturated heterocycles. The second kappa shape index (κ2) is 6.30. The quantitative estimate of drug-likeness (QED) is 0.689. The normalized spacial score (nSPS) is 13.8. The van der Waals surface area contributed by atoms with Crippen LogP contribution in [0.4, 0.5) is 0 Å². The van der Waals surface area contributed by atoms with Gasteiger partial charge in [-0.3, -0.25) is 4.79 Å². The molecule has 17 heavy (non-hydrogen) atoms. The van der Waals surface area contributed by atoms with Crippen molar-refractivity contribution in [3.05, 3.63) is 35.9 Å². The predicted molar refractivity (Wildman–Crippen MR) is 68.2 cm³/mol. The number of carbonyl (C=O) groups is 2. The Kier molecular flexibility index (Phi) is 5.03. The molecule has 1 aromatic rings. The smallest absolute Gasteiger partial charge is 0.326 e. The van der Waals surface area contributed by atoms with E-state index in [2.05, 4.69) is 17.9 Å². The maximum Gasteiger partial charge on any atom is 0.326 e. The lowest BCUT2D eigenvalue weighted by Crippen LogP contribution is -2.44. The number of amides is 1. The largest absolute Gasteiger partial charge is 0.480 e. The van der Waals surface area contributed by atoms with Crippen molar-refractivity contribution in [3.8, 4) is 0 Å². The number of rotatable bonds is 5. The molecule has 0 bridgehead atoms. The first kappa shape index (κ1) is 13.6. The molecule has 1 aromatic carbocycles. The van der Waals surface area contributed by atoms with Crippen molar-refractivity contribution in [2.75, 3.05) is 0 Å². The van der Waals surface area contributed by atoms with Crippen molar-refractivity contribution in [2.24, 2.45) is 0 Å². The summed E-state index contributed by atoms with van der Waals surface area (Å²) in [7, 11) is 0. The lowest BCUT2D eigenvalue weighted by Gasteiger charge is -2.15. The van der Waals surface area contributed by atoms with Gasteiger partial charge in [0, 0.05) is 6.42 Å². The first-order valence-electron chi connectivity index (χ1n) is 5.26. The van der Waals surface area contributed by atoms with E-state index in [-0.39, 0.29) is 12.3 Å². The number of hydrogen-bond acceptors (Lipinski definition) is 3. The summed E-state index contributed by atoms with van der Waals surface area (Å²) in [6.45, 7) is 1.60. The number of carbonyl (C=O) groups excluding carboxylic acids is 1. The van der Waals surface area contributed by atoms with E-state index in [1.165, 1.54) is 0 Å². The summed E-state index contributed by atoms with van der Waals surface area (Å²) < 4.78 is 0. The molecule has 5 heteroatoms. The minimum atomic E-state index is -1.05. The van der Waals surface area contributed by atoms with Gasteiger partial charge in [0.1, 0.15) is 6.04 Å². The third-order valence-corrected chi connectivity index (χ3v) is 2.51. The topological polar surface area (TPSA) is 66.4 Å². The molecule has 1 unspecified atom stereocenters. The van der Waals surface area contributed by atoms with E-state index in [9.17, 15) is 9.59 Å². The molecule has 0 radical (unpaired) electrons. The van der Waals surface area contributed by atoms with Crippen molar-refractivity contribution >= 4 is 24.5 Å². The van der Waals surface area contributed by atoms with Crippen molar-refractivity contribution in [3.63, 3.8) is 0 Å². The highest BCUT2D eigenvalue weighted by molar-refractivity contribution is 7.81. The Morgan fingerprint density at radius 3 is 2.41 bits per heavy atom. The Hall–Kier alpha value is -1.49. The molecule has 0 aliphatic rings. The standard InChI is InChI=1S/C12H15NO3S/c1-8(17)11(14)13-10(12(15)16)7-9-5-3-2-4-6-9/h2-6,8,10,17H,7H2,1H3,(H,13,14)(H,15,16)/t8?,10-/m0/s1. The van der Waals surface area contributed by atoms with E-state index in [4.69, 9.17) is 5.11 Å². The molecule has 0 aromatic heterocycles. The van der Waals surface area contributed by atoms with Gasteiger partial charge in [-0.05, 0) is 12.5 Å². The highest BCUT2D eigenvalue weighted by Crippen LogP contribution is 2.04. The number of thiol groups is 1. The van der Waals surface area contributed by atoms with Gasteiger partial charge >= 0.3 is 5.97 Å². The van der Waals surface area contributed by atoms with Crippen molar-refractivity contribution in [1.29, 1.82) is 0 Å². The van der Waals surface area contributed by atoms with Crippen LogP contribution >= 0.6 is 12.6 Å². The van der Waals surface area contributed by atoms with Crippen LogP contribution in [0.25, 0.3) is 0 Å². The molecule has 0 saturated carbocycles. The zero-order valence-corrected chi connectivity index (χ0v) is 10.4. The fraction of sp³-hybridized carbons (Fsp3) is 0.333. The summed E-state index contributed by atoms with van der Waals surface area (Å²) in [4.78, 5) is 22.4. The van der Waals surface area contributed by atoms with Gasteiger partial charge in [0.2, 0.25) is 5.91 Å². The zero-order chi connectivity index (χ0) is 12.8. The molecule has 92 valence electrons. The van der Waals surface area contributed by atoms with Gasteiger partial charge < -0.3 is 10.4 Å². The monoisotopic (exact) mass is 253 g/mol. The van der Waals surface area contributed by atoms with E-state index < -0.39 is 17.3 Å². The van der Waals surface area contributed by atoms with Crippen LogP contribution in [0.1, 0.15) is 12.5 Å². The maximum atomic E-state index is 11.4. The first-order chi connectivity index (χ1) is 8.00. The van der Waals surface area contributed by atoms with Crippen LogP contribution in [0.2, 0.25) is 0 Å². The molecule has 0 heterocycles. The SMILES string of the molecule is CC(S)C(=O)N[C@@H](Cc1ccccc1)C(=O)O. The molecular formula is C12H15NO3S. The van der Waals surface area contributed by atoms with Gasteiger partial charge in [-0.15, -0.1) is 0 Å². The van der Waals surface area contributed by atoms with Crippen LogP contribution in [0.15, 0.2) is 30.3 Å². The van der Waals surface area contributed by atoms with Crippen LogP contribution < -0.4 is 5.32 Å². The second-order valence-electron chi connectivity index (χ2n) is 3.77. The van der Waals surface area contributed by atoms with E-state index in [1.807, 2.05) is 30.3 Å². The molecule has 1 rings (SSSR count). The Morgan fingerprint density at radius 1 is 1.35 bits per heavy atom. The van der Waals surface area contributed by atoms with Crippen LogP contribution in [0, 0.1) is 0 Å². The van der Waals surface area contributed by atoms with Gasteiger partial charge in [0.05, 0.1) is 5.25 Å². The van der Waals surface area contributed by atoms with Crippen molar-refractivity contribution in [1.82, 2.24) is 5.32 Å². The molecule has 2 N–H and O–H groups in total. The summed E-state index contributed by atoms with van der Waals surface area (Å²) in [5, 5.41) is 11.0. The molecular weight excluding hydrogens is 238 g/mol. The number of carboxylic acid groups (broad SMARTS) is 1. The molecule has 0 aliphatic heterocycles. The molecule has 0 fully saturated rings. The van der Waals surface area contributed by atoms with Crippen molar-refractivity contribution in [2.45, 2.75) is 24.6 Å². The minimum absolute atomic E-state index is 0.266. The van der Waals surface area contributed by atoms with E-state index >= 15 is 0 Å². The van der Waals surface area contributed by atoms with Crippen LogP contribution in [0.5, 0.6) is 0 Å². The van der Waals surface area contributed by atoms with Crippen LogP contribution in [0.3, 0.4) is 0 Å². The third kappa shape index (κ3) is 4.48. The summed E-state index contributed by atoms with van der Waals surface area (Å²) in [6, 6.07) is 8.25. The lowest BCUT2D eigenvalue weighted by molar-refractivity contribution is -0.141.